The molecule has 0 aliphatic carbocycles. The molecule has 0 unspecified atom stereocenters. The van der Waals surface area contributed by atoms with Crippen LogP contribution in [0, 0.1) is 5.82 Å². The highest BCUT2D eigenvalue weighted by atomic mass is 19.1. The number of aromatic nitrogens is 7. The van der Waals surface area contributed by atoms with Crippen molar-refractivity contribution in [2.45, 2.75) is 45.8 Å². The average molecular weight is 424 g/mol. The molecule has 0 bridgehead atoms. The number of benzene rings is 1. The van der Waals surface area contributed by atoms with Crippen molar-refractivity contribution >= 4 is 5.57 Å². The van der Waals surface area contributed by atoms with E-state index in [1.165, 1.54) is 21.0 Å². The van der Waals surface area contributed by atoms with Crippen LogP contribution in [0.25, 0.3) is 5.57 Å². The maximum Gasteiger partial charge on any atom is 0.363 e. The van der Waals surface area contributed by atoms with Gasteiger partial charge in [0.05, 0.1) is 6.54 Å². The van der Waals surface area contributed by atoms with Gasteiger partial charge in [0.2, 0.25) is 0 Å². The SMILES string of the molecule is CCn1nnn(CCN2CCC(=C3c4ccc(F)cc4CCn4ncnc43)CC2)c1=O. The van der Waals surface area contributed by atoms with E-state index >= 15 is 0 Å². The Bertz CT molecular complexity index is 1180. The summed E-state index contributed by atoms with van der Waals surface area (Å²) in [5, 5.41) is 12.2. The smallest absolute Gasteiger partial charge is 0.301 e. The highest BCUT2D eigenvalue weighted by molar-refractivity contribution is 5.81. The molecule has 2 aromatic heterocycles. The van der Waals surface area contributed by atoms with Gasteiger partial charge in [-0.3, -0.25) is 0 Å². The van der Waals surface area contributed by atoms with Crippen molar-refractivity contribution in [2.75, 3.05) is 19.6 Å². The van der Waals surface area contributed by atoms with Gasteiger partial charge in [-0.15, -0.1) is 0 Å². The number of aryl methyl sites for hydroxylation is 3. The van der Waals surface area contributed by atoms with Crippen molar-refractivity contribution < 1.29 is 4.39 Å². The first kappa shape index (κ1) is 19.8. The first-order chi connectivity index (χ1) is 15.1. The Balaban J connectivity index is 1.36. The number of likely N-dealkylation sites (tertiary alicyclic amines) is 1. The average Bonchev–Trinajstić information content (AvgIpc) is 3.35. The first-order valence-electron chi connectivity index (χ1n) is 10.8. The van der Waals surface area contributed by atoms with Crippen molar-refractivity contribution in [3.8, 4) is 0 Å². The fourth-order valence-corrected chi connectivity index (χ4v) is 4.51. The molecule has 0 N–H and O–H groups in total. The second-order valence-corrected chi connectivity index (χ2v) is 7.98. The minimum atomic E-state index is -0.208. The molecule has 5 rings (SSSR count). The van der Waals surface area contributed by atoms with E-state index < -0.39 is 0 Å². The van der Waals surface area contributed by atoms with Gasteiger partial charge in [-0.2, -0.15) is 14.5 Å². The van der Waals surface area contributed by atoms with Crippen LogP contribution in [0.5, 0.6) is 0 Å². The fraction of sp³-hybridized carbons (Fsp3) is 0.476. The van der Waals surface area contributed by atoms with E-state index in [1.807, 2.05) is 17.7 Å². The molecule has 1 saturated heterocycles. The van der Waals surface area contributed by atoms with Gasteiger partial charge in [-0.1, -0.05) is 11.6 Å². The standard InChI is InChI=1S/C21H25FN8O/c1-2-28-21(31)30(26-25-28)12-11-27-8-5-15(6-9-27)19-18-4-3-17(22)13-16(18)7-10-29-20(19)23-14-24-29/h3-4,13-14H,2,5-12H2,1H3. The van der Waals surface area contributed by atoms with Crippen LogP contribution in [0.1, 0.15) is 36.7 Å². The lowest BCUT2D eigenvalue weighted by molar-refractivity contribution is 0.241. The quantitative estimate of drug-likeness (QED) is 0.628. The number of nitrogens with zero attached hydrogens (tertiary/aromatic N) is 8. The Morgan fingerprint density at radius 1 is 1.03 bits per heavy atom. The summed E-state index contributed by atoms with van der Waals surface area (Å²) in [5.74, 6) is 0.664. The summed E-state index contributed by atoms with van der Waals surface area (Å²) in [7, 11) is 0. The molecule has 31 heavy (non-hydrogen) atoms. The van der Waals surface area contributed by atoms with Gasteiger partial charge < -0.3 is 4.90 Å². The third-order valence-electron chi connectivity index (χ3n) is 6.21. The van der Waals surface area contributed by atoms with Gasteiger partial charge in [0, 0.05) is 38.3 Å². The number of hydrogen-bond donors (Lipinski definition) is 0. The van der Waals surface area contributed by atoms with Gasteiger partial charge in [0.25, 0.3) is 0 Å². The van der Waals surface area contributed by atoms with E-state index in [2.05, 4.69) is 25.4 Å². The van der Waals surface area contributed by atoms with Gasteiger partial charge in [0.15, 0.2) is 5.82 Å². The van der Waals surface area contributed by atoms with E-state index in [1.54, 1.807) is 12.4 Å². The van der Waals surface area contributed by atoms with Crippen LogP contribution in [-0.4, -0.2) is 59.1 Å². The predicted octanol–water partition coefficient (Wildman–Crippen LogP) is 1.34. The van der Waals surface area contributed by atoms with Crippen LogP contribution in [-0.2, 0) is 26.1 Å². The number of tetrazole rings is 1. The Morgan fingerprint density at radius 3 is 2.61 bits per heavy atom. The van der Waals surface area contributed by atoms with E-state index in [9.17, 15) is 9.18 Å². The number of halogens is 1. The molecule has 0 radical (unpaired) electrons. The van der Waals surface area contributed by atoms with Gasteiger partial charge >= 0.3 is 5.69 Å². The van der Waals surface area contributed by atoms with Crippen molar-refractivity contribution in [1.29, 1.82) is 0 Å². The van der Waals surface area contributed by atoms with Crippen molar-refractivity contribution in [1.82, 2.24) is 39.5 Å². The Hall–Kier alpha value is -3.14. The largest absolute Gasteiger partial charge is 0.363 e. The zero-order valence-electron chi connectivity index (χ0n) is 17.5. The first-order valence-corrected chi connectivity index (χ1v) is 10.8. The van der Waals surface area contributed by atoms with Crippen LogP contribution >= 0.6 is 0 Å². The molecule has 3 aromatic rings. The van der Waals surface area contributed by atoms with Crippen molar-refractivity contribution in [3.63, 3.8) is 0 Å². The van der Waals surface area contributed by atoms with E-state index in [-0.39, 0.29) is 11.5 Å². The van der Waals surface area contributed by atoms with Crippen LogP contribution in [0.4, 0.5) is 4.39 Å². The minimum absolute atomic E-state index is 0.163. The summed E-state index contributed by atoms with van der Waals surface area (Å²) in [4.78, 5) is 19.0. The summed E-state index contributed by atoms with van der Waals surface area (Å²) < 4.78 is 18.6. The van der Waals surface area contributed by atoms with Crippen LogP contribution in [0.3, 0.4) is 0 Å². The van der Waals surface area contributed by atoms with E-state index in [0.29, 0.717) is 19.6 Å². The van der Waals surface area contributed by atoms with E-state index in [0.717, 1.165) is 61.4 Å². The third kappa shape index (κ3) is 3.71. The molecule has 0 spiro atoms. The van der Waals surface area contributed by atoms with Crippen molar-refractivity contribution in [3.05, 3.63) is 63.4 Å². The molecular formula is C21H25FN8O. The summed E-state index contributed by atoms with van der Waals surface area (Å²) in [6.45, 7) is 6.16. The number of hydrogen-bond acceptors (Lipinski definition) is 6. The summed E-state index contributed by atoms with van der Waals surface area (Å²) in [6, 6.07) is 5.05. The summed E-state index contributed by atoms with van der Waals surface area (Å²) >= 11 is 0. The second-order valence-electron chi connectivity index (χ2n) is 7.98. The number of piperidine rings is 1. The number of fused-ring (bicyclic) bond motifs is 2. The fourth-order valence-electron chi connectivity index (χ4n) is 4.51. The second kappa shape index (κ2) is 8.18. The molecule has 0 amide bonds. The molecule has 9 nitrogen and oxygen atoms in total. The maximum absolute atomic E-state index is 13.9. The zero-order chi connectivity index (χ0) is 21.4. The maximum atomic E-state index is 13.9. The summed E-state index contributed by atoms with van der Waals surface area (Å²) in [5.41, 5.74) is 4.35. The molecule has 4 heterocycles. The lowest BCUT2D eigenvalue weighted by Crippen LogP contribution is -2.36. The van der Waals surface area contributed by atoms with Crippen LogP contribution in [0.15, 0.2) is 34.9 Å². The Labute approximate surface area is 178 Å². The highest BCUT2D eigenvalue weighted by Gasteiger charge is 2.26. The molecule has 1 aromatic carbocycles. The predicted molar refractivity (Wildman–Crippen MR) is 112 cm³/mol. The molecule has 2 aliphatic rings. The zero-order valence-corrected chi connectivity index (χ0v) is 17.5. The third-order valence-corrected chi connectivity index (χ3v) is 6.21. The normalized spacial score (nSPS) is 16.8. The van der Waals surface area contributed by atoms with Crippen LogP contribution in [0.2, 0.25) is 0 Å². The molecule has 1 fully saturated rings. The lowest BCUT2D eigenvalue weighted by Gasteiger charge is -2.29. The van der Waals surface area contributed by atoms with E-state index in [4.69, 9.17) is 0 Å². The topological polar surface area (TPSA) is 86.7 Å². The molecular weight excluding hydrogens is 399 g/mol. The molecule has 0 atom stereocenters. The van der Waals surface area contributed by atoms with Gasteiger partial charge in [-0.05, 0) is 59.9 Å². The molecule has 0 saturated carbocycles. The van der Waals surface area contributed by atoms with Crippen LogP contribution < -0.4 is 5.69 Å². The minimum Gasteiger partial charge on any atom is -0.301 e. The van der Waals surface area contributed by atoms with Crippen molar-refractivity contribution in [2.24, 2.45) is 0 Å². The molecule has 10 heteroatoms. The van der Waals surface area contributed by atoms with Gasteiger partial charge in [0.1, 0.15) is 12.1 Å². The summed E-state index contributed by atoms with van der Waals surface area (Å²) in [6.07, 6.45) is 4.13. The molecule has 2 aliphatic heterocycles. The highest BCUT2D eigenvalue weighted by Crippen LogP contribution is 2.35. The Kier molecular flexibility index (Phi) is 5.23. The number of rotatable bonds is 4. The van der Waals surface area contributed by atoms with Gasteiger partial charge in [-0.25, -0.2) is 18.9 Å². The lowest BCUT2D eigenvalue weighted by atomic mass is 9.90. The monoisotopic (exact) mass is 424 g/mol. The Morgan fingerprint density at radius 2 is 1.84 bits per heavy atom. The molecule has 162 valence electrons.